The van der Waals surface area contributed by atoms with E-state index in [0.29, 0.717) is 5.56 Å². The van der Waals surface area contributed by atoms with Gasteiger partial charge in [0.2, 0.25) is 0 Å². The van der Waals surface area contributed by atoms with Crippen molar-refractivity contribution in [2.24, 2.45) is 0 Å². The van der Waals surface area contributed by atoms with Gasteiger partial charge < -0.3 is 15.2 Å². The number of carbonyl (C=O) groups is 1. The van der Waals surface area contributed by atoms with Gasteiger partial charge in [-0.2, -0.15) is 0 Å². The molecule has 0 bridgehead atoms. The molecule has 19 heavy (non-hydrogen) atoms. The molecule has 0 aromatic heterocycles. The summed E-state index contributed by atoms with van der Waals surface area (Å²) in [7, 11) is 1.26. The van der Waals surface area contributed by atoms with Crippen LogP contribution in [-0.2, 0) is 9.53 Å². The summed E-state index contributed by atoms with van der Waals surface area (Å²) in [6.07, 6.45) is -1.68. The van der Waals surface area contributed by atoms with Crippen LogP contribution in [-0.4, -0.2) is 19.4 Å². The van der Waals surface area contributed by atoms with Gasteiger partial charge in [-0.15, -0.1) is 13.2 Å². The fourth-order valence-corrected chi connectivity index (χ4v) is 1.27. The van der Waals surface area contributed by atoms with Gasteiger partial charge in [-0.3, -0.25) is 4.79 Å². The molecule has 4 nitrogen and oxygen atoms in total. The number of hydrogen-bond acceptors (Lipinski definition) is 4. The van der Waals surface area contributed by atoms with Gasteiger partial charge in [0.15, 0.2) is 0 Å². The number of carbonyl (C=O) groups excluding carboxylic acids is 1. The van der Waals surface area contributed by atoms with Crippen LogP contribution in [0.3, 0.4) is 0 Å². The molecule has 0 atom stereocenters. The number of nitrogen functional groups attached to an aromatic ring is 1. The lowest BCUT2D eigenvalue weighted by Gasteiger charge is -2.10. The first-order chi connectivity index (χ1) is 8.81. The fourth-order valence-electron chi connectivity index (χ4n) is 1.27. The van der Waals surface area contributed by atoms with E-state index in [0.717, 1.165) is 12.1 Å². The summed E-state index contributed by atoms with van der Waals surface area (Å²) in [6, 6.07) is 3.57. The highest BCUT2D eigenvalue weighted by Crippen LogP contribution is 2.26. The van der Waals surface area contributed by atoms with E-state index in [9.17, 15) is 18.0 Å². The zero-order valence-electron chi connectivity index (χ0n) is 10.0. The van der Waals surface area contributed by atoms with E-state index in [4.69, 9.17) is 5.73 Å². The molecule has 104 valence electrons. The molecule has 7 heteroatoms. The Balaban J connectivity index is 2.75. The van der Waals surface area contributed by atoms with Crippen molar-refractivity contribution in [3.05, 3.63) is 29.8 Å². The maximum absolute atomic E-state index is 12.0. The van der Waals surface area contributed by atoms with E-state index < -0.39 is 18.1 Å². The van der Waals surface area contributed by atoms with Crippen LogP contribution in [0.4, 0.5) is 18.9 Å². The number of nitrogens with two attached hydrogens (primary N) is 1. The Hall–Kier alpha value is -2.18. The van der Waals surface area contributed by atoms with Crippen molar-refractivity contribution in [1.29, 1.82) is 0 Å². The number of halogens is 3. The molecular weight excluding hydrogens is 263 g/mol. The van der Waals surface area contributed by atoms with Gasteiger partial charge in [-0.1, -0.05) is 12.2 Å². The molecule has 0 radical (unpaired) electrons. The Morgan fingerprint density at radius 3 is 2.63 bits per heavy atom. The van der Waals surface area contributed by atoms with Gasteiger partial charge in [0.25, 0.3) is 0 Å². The van der Waals surface area contributed by atoms with Crippen molar-refractivity contribution in [3.8, 4) is 5.75 Å². The Kier molecular flexibility index (Phi) is 4.80. The molecule has 0 fully saturated rings. The number of esters is 1. The molecule has 1 rings (SSSR count). The molecule has 2 N–H and O–H groups in total. The second-order valence-corrected chi connectivity index (χ2v) is 3.52. The van der Waals surface area contributed by atoms with E-state index in [1.165, 1.54) is 25.3 Å². The molecule has 0 saturated heterocycles. The monoisotopic (exact) mass is 275 g/mol. The first-order valence-electron chi connectivity index (χ1n) is 5.20. The van der Waals surface area contributed by atoms with Crippen LogP contribution in [0.25, 0.3) is 6.08 Å². The van der Waals surface area contributed by atoms with E-state index >= 15 is 0 Å². The smallest absolute Gasteiger partial charge is 0.469 e. The van der Waals surface area contributed by atoms with Crippen LogP contribution in [0.5, 0.6) is 5.75 Å². The Morgan fingerprint density at radius 2 is 2.11 bits per heavy atom. The van der Waals surface area contributed by atoms with Crippen LogP contribution in [0.15, 0.2) is 24.3 Å². The van der Waals surface area contributed by atoms with Crippen LogP contribution in [0, 0.1) is 0 Å². The molecule has 1 aromatic carbocycles. The number of alkyl halides is 3. The molecule has 0 saturated carbocycles. The molecule has 0 amide bonds. The summed E-state index contributed by atoms with van der Waals surface area (Å²) in [5.74, 6) is -0.818. The minimum absolute atomic E-state index is 0.0523. The number of rotatable bonds is 4. The van der Waals surface area contributed by atoms with Crippen molar-refractivity contribution in [2.75, 3.05) is 12.8 Å². The van der Waals surface area contributed by atoms with Gasteiger partial charge in [0.05, 0.1) is 13.5 Å². The van der Waals surface area contributed by atoms with E-state index in [2.05, 4.69) is 9.47 Å². The van der Waals surface area contributed by atoms with Crippen LogP contribution in [0.1, 0.15) is 12.0 Å². The molecule has 0 heterocycles. The van der Waals surface area contributed by atoms with Gasteiger partial charge in [0, 0.05) is 11.8 Å². The summed E-state index contributed by atoms with van der Waals surface area (Å²) >= 11 is 0. The van der Waals surface area contributed by atoms with Gasteiger partial charge in [0.1, 0.15) is 5.75 Å². The van der Waals surface area contributed by atoms with Crippen LogP contribution >= 0.6 is 0 Å². The SMILES string of the molecule is COC(=O)CC=Cc1ccc(OC(F)(F)F)cc1N. The number of ether oxygens (including phenoxy) is 2. The summed E-state index contributed by atoms with van der Waals surface area (Å²) in [5.41, 5.74) is 6.17. The van der Waals surface area contributed by atoms with Crippen molar-refractivity contribution in [1.82, 2.24) is 0 Å². The summed E-state index contributed by atoms with van der Waals surface area (Å²) in [6.45, 7) is 0. The van der Waals surface area contributed by atoms with Gasteiger partial charge in [-0.25, -0.2) is 0 Å². The first kappa shape index (κ1) is 14.9. The third-order valence-corrected chi connectivity index (χ3v) is 2.10. The lowest BCUT2D eigenvalue weighted by atomic mass is 10.1. The minimum atomic E-state index is -4.76. The predicted molar refractivity (Wildman–Crippen MR) is 63.2 cm³/mol. The van der Waals surface area contributed by atoms with E-state index in [1.807, 2.05) is 0 Å². The second-order valence-electron chi connectivity index (χ2n) is 3.52. The zero-order chi connectivity index (χ0) is 14.5. The Bertz CT molecular complexity index is 484. The molecule has 0 unspecified atom stereocenters. The quantitative estimate of drug-likeness (QED) is 0.678. The minimum Gasteiger partial charge on any atom is -0.469 e. The molecule has 0 spiro atoms. The van der Waals surface area contributed by atoms with Crippen molar-refractivity contribution in [2.45, 2.75) is 12.8 Å². The maximum Gasteiger partial charge on any atom is 0.573 e. The molecule has 1 aromatic rings. The molecular formula is C12H12F3NO3. The Morgan fingerprint density at radius 1 is 1.42 bits per heavy atom. The van der Waals surface area contributed by atoms with Crippen molar-refractivity contribution in [3.63, 3.8) is 0 Å². The van der Waals surface area contributed by atoms with Crippen molar-refractivity contribution >= 4 is 17.7 Å². The topological polar surface area (TPSA) is 61.5 Å². The van der Waals surface area contributed by atoms with Gasteiger partial charge in [-0.05, 0) is 17.7 Å². The lowest BCUT2D eigenvalue weighted by Crippen LogP contribution is -2.17. The van der Waals surface area contributed by atoms with Crippen molar-refractivity contribution < 1.29 is 27.4 Å². The highest BCUT2D eigenvalue weighted by atomic mass is 19.4. The predicted octanol–water partition coefficient (Wildman–Crippen LogP) is 2.74. The standard InChI is InChI=1S/C12H12F3NO3/c1-18-11(17)4-2-3-8-5-6-9(7-10(8)16)19-12(13,14)15/h2-3,5-7H,4,16H2,1H3. The third kappa shape index (κ3) is 5.33. The number of hydrogen-bond donors (Lipinski definition) is 1. The first-order valence-corrected chi connectivity index (χ1v) is 5.20. The number of methoxy groups -OCH3 is 1. The molecule has 0 aliphatic rings. The van der Waals surface area contributed by atoms with E-state index in [-0.39, 0.29) is 12.1 Å². The maximum atomic E-state index is 12.0. The largest absolute Gasteiger partial charge is 0.573 e. The molecule has 0 aliphatic carbocycles. The van der Waals surface area contributed by atoms with Crippen LogP contribution < -0.4 is 10.5 Å². The highest BCUT2D eigenvalue weighted by molar-refractivity contribution is 5.74. The van der Waals surface area contributed by atoms with Crippen LogP contribution in [0.2, 0.25) is 0 Å². The normalized spacial score (nSPS) is 11.6. The third-order valence-electron chi connectivity index (χ3n) is 2.10. The lowest BCUT2D eigenvalue weighted by molar-refractivity contribution is -0.274. The summed E-state index contributed by atoms with van der Waals surface area (Å²) in [5, 5.41) is 0. The molecule has 0 aliphatic heterocycles. The second kappa shape index (κ2) is 6.12. The zero-order valence-corrected chi connectivity index (χ0v) is 10.0. The average molecular weight is 275 g/mol. The fraction of sp³-hybridized carbons (Fsp3) is 0.250. The van der Waals surface area contributed by atoms with Gasteiger partial charge >= 0.3 is 12.3 Å². The summed E-state index contributed by atoms with van der Waals surface area (Å²) in [4.78, 5) is 10.8. The summed E-state index contributed by atoms with van der Waals surface area (Å²) < 4.78 is 44.1. The van der Waals surface area contributed by atoms with E-state index in [1.54, 1.807) is 0 Å². The number of benzene rings is 1. The Labute approximate surface area is 107 Å². The average Bonchev–Trinajstić information content (AvgIpc) is 2.29. The number of anilines is 1. The highest BCUT2D eigenvalue weighted by Gasteiger charge is 2.31.